The number of nitriles is 1. The molecule has 4 nitrogen and oxygen atoms in total. The first kappa shape index (κ1) is 10.5. The number of aliphatic hydroxyl groups is 2. The zero-order valence-electron chi connectivity index (χ0n) is 7.90. The van der Waals surface area contributed by atoms with Crippen molar-refractivity contribution in [1.29, 1.82) is 5.26 Å². The lowest BCUT2D eigenvalue weighted by Gasteiger charge is -2.39. The molecule has 1 heterocycles. The van der Waals surface area contributed by atoms with Gasteiger partial charge < -0.3 is 10.2 Å². The first-order valence-corrected chi connectivity index (χ1v) is 4.58. The highest BCUT2D eigenvalue weighted by molar-refractivity contribution is 4.95. The van der Waals surface area contributed by atoms with Crippen molar-refractivity contribution < 1.29 is 10.2 Å². The van der Waals surface area contributed by atoms with E-state index in [0.717, 1.165) is 13.0 Å². The van der Waals surface area contributed by atoms with Crippen molar-refractivity contribution in [1.82, 2.24) is 4.90 Å². The number of piperidine rings is 1. The second kappa shape index (κ2) is 4.05. The second-order valence-electron chi connectivity index (χ2n) is 3.76. The molecule has 0 aromatic carbocycles. The SMILES string of the molecule is CC(C#N)N1CCCC(O)(CO)C1. The van der Waals surface area contributed by atoms with Crippen molar-refractivity contribution >= 4 is 0 Å². The molecular formula is C9H16N2O2. The topological polar surface area (TPSA) is 67.5 Å². The Morgan fingerprint density at radius 2 is 2.38 bits per heavy atom. The van der Waals surface area contributed by atoms with E-state index >= 15 is 0 Å². The van der Waals surface area contributed by atoms with Crippen molar-refractivity contribution in [2.45, 2.75) is 31.4 Å². The molecule has 4 heteroatoms. The van der Waals surface area contributed by atoms with Gasteiger partial charge in [0, 0.05) is 6.54 Å². The average Bonchev–Trinajstić information content (AvgIpc) is 2.17. The molecule has 1 aliphatic heterocycles. The van der Waals surface area contributed by atoms with Crippen LogP contribution in [0.1, 0.15) is 19.8 Å². The summed E-state index contributed by atoms with van der Waals surface area (Å²) in [5.41, 5.74) is -0.997. The Balaban J connectivity index is 2.57. The molecule has 0 radical (unpaired) electrons. The maximum atomic E-state index is 9.79. The average molecular weight is 184 g/mol. The van der Waals surface area contributed by atoms with Crippen molar-refractivity contribution in [2.24, 2.45) is 0 Å². The Morgan fingerprint density at radius 1 is 1.69 bits per heavy atom. The Labute approximate surface area is 78.4 Å². The summed E-state index contributed by atoms with van der Waals surface area (Å²) in [6, 6.07) is 1.95. The third kappa shape index (κ3) is 2.41. The van der Waals surface area contributed by atoms with Crippen LogP contribution in [0.2, 0.25) is 0 Å². The molecule has 2 N–H and O–H groups in total. The van der Waals surface area contributed by atoms with Crippen LogP contribution in [0.3, 0.4) is 0 Å². The summed E-state index contributed by atoms with van der Waals surface area (Å²) in [6.45, 7) is 2.82. The molecule has 1 aliphatic rings. The summed E-state index contributed by atoms with van der Waals surface area (Å²) in [5, 5.41) is 27.5. The number of nitrogens with zero attached hydrogens (tertiary/aromatic N) is 2. The number of β-amino-alcohol motifs (C(OH)–C–C–N with tert-alkyl or cyclic N) is 1. The van der Waals surface area contributed by atoms with Crippen molar-refractivity contribution in [3.05, 3.63) is 0 Å². The van der Waals surface area contributed by atoms with E-state index in [1.807, 2.05) is 11.8 Å². The lowest BCUT2D eigenvalue weighted by molar-refractivity contribution is -0.0705. The molecule has 1 rings (SSSR count). The first-order valence-electron chi connectivity index (χ1n) is 4.58. The van der Waals surface area contributed by atoms with Crippen LogP contribution in [0, 0.1) is 11.3 Å². The van der Waals surface area contributed by atoms with Gasteiger partial charge in [0.1, 0.15) is 5.60 Å². The summed E-state index contributed by atoms with van der Waals surface area (Å²) in [4.78, 5) is 1.90. The molecule has 2 unspecified atom stereocenters. The number of aliphatic hydroxyl groups excluding tert-OH is 1. The lowest BCUT2D eigenvalue weighted by Crippen LogP contribution is -2.52. The second-order valence-corrected chi connectivity index (χ2v) is 3.76. The van der Waals surface area contributed by atoms with Crippen molar-refractivity contribution in [3.63, 3.8) is 0 Å². The highest BCUT2D eigenvalue weighted by Gasteiger charge is 2.34. The van der Waals surface area contributed by atoms with Gasteiger partial charge in [0.2, 0.25) is 0 Å². The Bertz CT molecular complexity index is 214. The van der Waals surface area contributed by atoms with Crippen molar-refractivity contribution in [3.8, 4) is 6.07 Å². The maximum Gasteiger partial charge on any atom is 0.100 e. The standard InChI is InChI=1S/C9H16N2O2/c1-8(5-10)11-4-2-3-9(13,6-11)7-12/h8,12-13H,2-4,6-7H2,1H3. The third-order valence-corrected chi connectivity index (χ3v) is 2.61. The fraction of sp³-hybridized carbons (Fsp3) is 0.889. The van der Waals surface area contributed by atoms with Crippen molar-refractivity contribution in [2.75, 3.05) is 19.7 Å². The minimum absolute atomic E-state index is 0.182. The summed E-state index contributed by atoms with van der Waals surface area (Å²) < 4.78 is 0. The van der Waals surface area contributed by atoms with E-state index in [0.29, 0.717) is 13.0 Å². The van der Waals surface area contributed by atoms with Gasteiger partial charge in [-0.2, -0.15) is 5.26 Å². The Kier molecular flexibility index (Phi) is 3.26. The molecule has 2 atom stereocenters. The molecule has 0 saturated carbocycles. The van der Waals surface area contributed by atoms with E-state index < -0.39 is 5.60 Å². The van der Waals surface area contributed by atoms with E-state index in [2.05, 4.69) is 6.07 Å². The monoisotopic (exact) mass is 184 g/mol. The van der Waals surface area contributed by atoms with E-state index in [-0.39, 0.29) is 12.6 Å². The van der Waals surface area contributed by atoms with Crippen LogP contribution >= 0.6 is 0 Å². The number of hydrogen-bond donors (Lipinski definition) is 2. The summed E-state index contributed by atoms with van der Waals surface area (Å²) in [7, 11) is 0. The summed E-state index contributed by atoms with van der Waals surface area (Å²) >= 11 is 0. The molecule has 0 bridgehead atoms. The highest BCUT2D eigenvalue weighted by atomic mass is 16.3. The molecule has 0 aromatic heterocycles. The van der Waals surface area contributed by atoms with Gasteiger partial charge in [-0.05, 0) is 26.3 Å². The van der Waals surface area contributed by atoms with Crippen LogP contribution in [0.5, 0.6) is 0 Å². The van der Waals surface area contributed by atoms with Gasteiger partial charge in [0.15, 0.2) is 0 Å². The van der Waals surface area contributed by atoms with Gasteiger partial charge in [0.05, 0.1) is 18.7 Å². The minimum atomic E-state index is -0.997. The Morgan fingerprint density at radius 3 is 2.92 bits per heavy atom. The first-order chi connectivity index (χ1) is 6.11. The van der Waals surface area contributed by atoms with Gasteiger partial charge in [-0.25, -0.2) is 0 Å². The molecular weight excluding hydrogens is 168 g/mol. The smallest absolute Gasteiger partial charge is 0.100 e. The van der Waals surface area contributed by atoms with Crippen LogP contribution in [0.25, 0.3) is 0 Å². The van der Waals surface area contributed by atoms with Crippen LogP contribution in [-0.4, -0.2) is 46.5 Å². The van der Waals surface area contributed by atoms with Gasteiger partial charge in [-0.15, -0.1) is 0 Å². The van der Waals surface area contributed by atoms with Crippen LogP contribution < -0.4 is 0 Å². The van der Waals surface area contributed by atoms with Crippen LogP contribution in [0.4, 0.5) is 0 Å². The third-order valence-electron chi connectivity index (χ3n) is 2.61. The summed E-state index contributed by atoms with van der Waals surface area (Å²) in [6.07, 6.45) is 1.46. The lowest BCUT2D eigenvalue weighted by atomic mass is 9.93. The zero-order valence-corrected chi connectivity index (χ0v) is 7.90. The maximum absolute atomic E-state index is 9.79. The molecule has 0 aromatic rings. The molecule has 13 heavy (non-hydrogen) atoms. The van der Waals surface area contributed by atoms with Gasteiger partial charge in [0.25, 0.3) is 0 Å². The van der Waals surface area contributed by atoms with E-state index in [1.54, 1.807) is 0 Å². The number of likely N-dealkylation sites (tertiary alicyclic amines) is 1. The zero-order chi connectivity index (χ0) is 9.90. The quantitative estimate of drug-likeness (QED) is 0.619. The van der Waals surface area contributed by atoms with Gasteiger partial charge in [-0.3, -0.25) is 4.90 Å². The fourth-order valence-electron chi connectivity index (χ4n) is 1.69. The fourth-order valence-corrected chi connectivity index (χ4v) is 1.69. The Hall–Kier alpha value is -0.630. The minimum Gasteiger partial charge on any atom is -0.393 e. The number of rotatable bonds is 2. The van der Waals surface area contributed by atoms with Crippen LogP contribution in [-0.2, 0) is 0 Å². The van der Waals surface area contributed by atoms with E-state index in [4.69, 9.17) is 10.4 Å². The number of hydrogen-bond acceptors (Lipinski definition) is 4. The molecule has 1 fully saturated rings. The predicted molar refractivity (Wildman–Crippen MR) is 47.9 cm³/mol. The molecule has 0 spiro atoms. The predicted octanol–water partition coefficient (Wildman–Crippen LogP) is -0.282. The largest absolute Gasteiger partial charge is 0.393 e. The van der Waals surface area contributed by atoms with Crippen LogP contribution in [0.15, 0.2) is 0 Å². The van der Waals surface area contributed by atoms with Gasteiger partial charge in [-0.1, -0.05) is 0 Å². The van der Waals surface area contributed by atoms with E-state index in [1.165, 1.54) is 0 Å². The highest BCUT2D eigenvalue weighted by Crippen LogP contribution is 2.21. The van der Waals surface area contributed by atoms with E-state index in [9.17, 15) is 5.11 Å². The molecule has 0 amide bonds. The van der Waals surface area contributed by atoms with Gasteiger partial charge >= 0.3 is 0 Å². The summed E-state index contributed by atoms with van der Waals surface area (Å²) in [5.74, 6) is 0. The molecule has 0 aliphatic carbocycles. The normalized spacial score (nSPS) is 32.5. The molecule has 74 valence electrons. The molecule has 1 saturated heterocycles.